The summed E-state index contributed by atoms with van der Waals surface area (Å²) in [6.07, 6.45) is 7.52. The molecule has 1 aromatic heterocycles. The molecule has 0 saturated heterocycles. The molecule has 0 spiro atoms. The number of hydrogen-bond acceptors (Lipinski definition) is 3. The maximum absolute atomic E-state index is 12.4. The number of nitrogens with one attached hydrogen (secondary N) is 1. The maximum Gasteiger partial charge on any atom is 0.254 e. The van der Waals surface area contributed by atoms with Crippen molar-refractivity contribution in [2.75, 3.05) is 6.54 Å². The van der Waals surface area contributed by atoms with Crippen molar-refractivity contribution in [3.63, 3.8) is 0 Å². The summed E-state index contributed by atoms with van der Waals surface area (Å²) in [5, 5.41) is 7.36. The van der Waals surface area contributed by atoms with Gasteiger partial charge >= 0.3 is 0 Å². The maximum atomic E-state index is 12.4. The Bertz CT molecular complexity index is 614. The first-order chi connectivity index (χ1) is 10.2. The molecule has 0 radical (unpaired) electrons. The lowest BCUT2D eigenvalue weighted by Crippen LogP contribution is -2.51. The van der Waals surface area contributed by atoms with Gasteiger partial charge in [0.1, 0.15) is 0 Å². The van der Waals surface area contributed by atoms with E-state index in [-0.39, 0.29) is 11.4 Å². The van der Waals surface area contributed by atoms with Crippen LogP contribution in [0.15, 0.2) is 42.7 Å². The fourth-order valence-corrected chi connectivity index (χ4v) is 2.91. The molecule has 21 heavy (non-hydrogen) atoms. The number of carbonyl (C=O) groups is 1. The minimum absolute atomic E-state index is 0.0930. The van der Waals surface area contributed by atoms with Crippen LogP contribution in [0, 0.1) is 0 Å². The van der Waals surface area contributed by atoms with Crippen LogP contribution in [-0.2, 0) is 0 Å². The highest BCUT2D eigenvalue weighted by atomic mass is 16.1. The molecule has 0 aliphatic heterocycles. The predicted molar refractivity (Wildman–Crippen MR) is 81.3 cm³/mol. The Labute approximate surface area is 124 Å². The summed E-state index contributed by atoms with van der Waals surface area (Å²) in [5.41, 5.74) is 7.13. The highest BCUT2D eigenvalue weighted by Gasteiger charge is 2.34. The number of nitrogens with zero attached hydrogens (tertiary/aromatic N) is 2. The van der Waals surface area contributed by atoms with Crippen molar-refractivity contribution in [3.05, 3.63) is 48.3 Å². The van der Waals surface area contributed by atoms with Gasteiger partial charge in [-0.3, -0.25) is 4.79 Å². The first-order valence-corrected chi connectivity index (χ1v) is 7.35. The summed E-state index contributed by atoms with van der Waals surface area (Å²) >= 11 is 0. The van der Waals surface area contributed by atoms with Gasteiger partial charge in [0, 0.05) is 12.7 Å². The third kappa shape index (κ3) is 2.83. The monoisotopic (exact) mass is 284 g/mol. The van der Waals surface area contributed by atoms with Gasteiger partial charge in [-0.2, -0.15) is 5.10 Å². The Morgan fingerprint density at radius 2 is 2.00 bits per heavy atom. The Balaban J connectivity index is 1.75. The summed E-state index contributed by atoms with van der Waals surface area (Å²) in [6.45, 7) is 0.492. The molecule has 5 nitrogen and oxygen atoms in total. The predicted octanol–water partition coefficient (Wildman–Crippen LogP) is 1.87. The lowest BCUT2D eigenvalue weighted by molar-refractivity contribution is 0.0903. The molecule has 110 valence electrons. The molecule has 3 rings (SSSR count). The summed E-state index contributed by atoms with van der Waals surface area (Å²) < 4.78 is 1.71. The molecule has 3 N–H and O–H groups in total. The zero-order valence-corrected chi connectivity index (χ0v) is 12.0. The van der Waals surface area contributed by atoms with Crippen LogP contribution < -0.4 is 11.1 Å². The van der Waals surface area contributed by atoms with E-state index in [0.29, 0.717) is 12.1 Å². The van der Waals surface area contributed by atoms with E-state index in [1.54, 1.807) is 17.1 Å². The third-order valence-electron chi connectivity index (χ3n) is 4.20. The van der Waals surface area contributed by atoms with Gasteiger partial charge < -0.3 is 11.1 Å². The van der Waals surface area contributed by atoms with E-state index in [9.17, 15) is 4.79 Å². The van der Waals surface area contributed by atoms with Gasteiger partial charge in [0.15, 0.2) is 0 Å². The molecule has 1 aromatic carbocycles. The van der Waals surface area contributed by atoms with Crippen LogP contribution in [0.5, 0.6) is 0 Å². The number of amides is 1. The van der Waals surface area contributed by atoms with Crippen LogP contribution in [0.1, 0.15) is 36.0 Å². The molecule has 0 unspecified atom stereocenters. The molecule has 1 heterocycles. The van der Waals surface area contributed by atoms with Crippen molar-refractivity contribution in [2.24, 2.45) is 5.73 Å². The zero-order valence-electron chi connectivity index (χ0n) is 12.0. The number of hydrogen-bond donors (Lipinski definition) is 2. The van der Waals surface area contributed by atoms with Crippen LogP contribution in [0.3, 0.4) is 0 Å². The van der Waals surface area contributed by atoms with Gasteiger partial charge in [-0.25, -0.2) is 4.68 Å². The minimum atomic E-state index is -0.230. The van der Waals surface area contributed by atoms with E-state index in [1.165, 1.54) is 0 Å². The smallest absolute Gasteiger partial charge is 0.254 e. The van der Waals surface area contributed by atoms with Crippen molar-refractivity contribution < 1.29 is 4.79 Å². The first-order valence-electron chi connectivity index (χ1n) is 7.35. The quantitative estimate of drug-likeness (QED) is 0.900. The van der Waals surface area contributed by atoms with E-state index in [4.69, 9.17) is 5.73 Å². The van der Waals surface area contributed by atoms with E-state index >= 15 is 0 Å². The summed E-state index contributed by atoms with van der Waals surface area (Å²) in [4.78, 5) is 12.4. The zero-order chi connectivity index (χ0) is 14.7. The molecule has 0 bridgehead atoms. The standard InChI is InChI=1S/C16H20N4O/c17-12-16(8-4-5-9-16)19-15(21)13-10-18-20(11-13)14-6-2-1-3-7-14/h1-3,6-7,10-11H,4-5,8-9,12,17H2,(H,19,21). The van der Waals surface area contributed by atoms with E-state index in [1.807, 2.05) is 30.3 Å². The number of benzene rings is 1. The number of para-hydroxylation sites is 1. The summed E-state index contributed by atoms with van der Waals surface area (Å²) in [7, 11) is 0. The van der Waals surface area contributed by atoms with Crippen molar-refractivity contribution in [1.29, 1.82) is 0 Å². The Morgan fingerprint density at radius 1 is 1.29 bits per heavy atom. The number of aromatic nitrogens is 2. The van der Waals surface area contributed by atoms with Crippen molar-refractivity contribution in [3.8, 4) is 5.69 Å². The molecule has 1 saturated carbocycles. The highest BCUT2D eigenvalue weighted by Crippen LogP contribution is 2.28. The van der Waals surface area contributed by atoms with Crippen molar-refractivity contribution in [2.45, 2.75) is 31.2 Å². The second-order valence-electron chi connectivity index (χ2n) is 5.65. The summed E-state index contributed by atoms with van der Waals surface area (Å²) in [6, 6.07) is 9.74. The fraction of sp³-hybridized carbons (Fsp3) is 0.375. The molecule has 1 aliphatic carbocycles. The SMILES string of the molecule is NCC1(NC(=O)c2cnn(-c3ccccc3)c2)CCCC1. The van der Waals surface area contributed by atoms with Gasteiger partial charge in [0.05, 0.1) is 23.0 Å². The average molecular weight is 284 g/mol. The van der Waals surface area contributed by atoms with E-state index in [0.717, 1.165) is 31.4 Å². The normalized spacial score (nSPS) is 16.8. The lowest BCUT2D eigenvalue weighted by Gasteiger charge is -2.28. The lowest BCUT2D eigenvalue weighted by atomic mass is 9.97. The van der Waals surface area contributed by atoms with Crippen LogP contribution in [-0.4, -0.2) is 27.8 Å². The van der Waals surface area contributed by atoms with Gasteiger partial charge in [-0.1, -0.05) is 31.0 Å². The van der Waals surface area contributed by atoms with Gasteiger partial charge in [-0.15, -0.1) is 0 Å². The molecule has 5 heteroatoms. The number of rotatable bonds is 4. The Morgan fingerprint density at radius 3 is 2.67 bits per heavy atom. The van der Waals surface area contributed by atoms with Crippen LogP contribution in [0.4, 0.5) is 0 Å². The summed E-state index contributed by atoms with van der Waals surface area (Å²) in [5.74, 6) is -0.0930. The molecule has 2 aromatic rings. The van der Waals surface area contributed by atoms with Crippen LogP contribution in [0.2, 0.25) is 0 Å². The van der Waals surface area contributed by atoms with Gasteiger partial charge in [0.2, 0.25) is 0 Å². The van der Waals surface area contributed by atoms with Gasteiger partial charge in [0.25, 0.3) is 5.91 Å². The minimum Gasteiger partial charge on any atom is -0.345 e. The molecule has 0 atom stereocenters. The largest absolute Gasteiger partial charge is 0.345 e. The molecule has 1 amide bonds. The van der Waals surface area contributed by atoms with Crippen LogP contribution in [0.25, 0.3) is 5.69 Å². The molecule has 1 fully saturated rings. The Hall–Kier alpha value is -2.14. The van der Waals surface area contributed by atoms with Crippen LogP contribution >= 0.6 is 0 Å². The van der Waals surface area contributed by atoms with Crippen molar-refractivity contribution >= 4 is 5.91 Å². The Kier molecular flexibility index (Phi) is 3.75. The number of carbonyl (C=O) groups excluding carboxylic acids is 1. The topological polar surface area (TPSA) is 72.9 Å². The van der Waals surface area contributed by atoms with E-state index in [2.05, 4.69) is 10.4 Å². The molecular weight excluding hydrogens is 264 g/mol. The average Bonchev–Trinajstić information content (AvgIpc) is 3.18. The van der Waals surface area contributed by atoms with E-state index < -0.39 is 0 Å². The van der Waals surface area contributed by atoms with Crippen molar-refractivity contribution in [1.82, 2.24) is 15.1 Å². The van der Waals surface area contributed by atoms with Gasteiger partial charge in [-0.05, 0) is 25.0 Å². The third-order valence-corrected chi connectivity index (χ3v) is 4.20. The second kappa shape index (κ2) is 5.69. The number of nitrogens with two attached hydrogens (primary N) is 1. The second-order valence-corrected chi connectivity index (χ2v) is 5.65. The fourth-order valence-electron chi connectivity index (χ4n) is 2.91. The first kappa shape index (κ1) is 13.8. The molecular formula is C16H20N4O. The highest BCUT2D eigenvalue weighted by molar-refractivity contribution is 5.94. The molecule has 1 aliphatic rings.